The van der Waals surface area contributed by atoms with Crippen molar-refractivity contribution in [3.8, 4) is 0 Å². The maximum Gasteiger partial charge on any atom is 0.290 e. The molecule has 0 saturated carbocycles. The van der Waals surface area contributed by atoms with E-state index < -0.39 is 24.3 Å². The van der Waals surface area contributed by atoms with Gasteiger partial charge in [0.1, 0.15) is 5.02 Å². The SMILES string of the molecule is CNC(=O)c1nn(C(C)c2ccccc2C(F)F)c2c1CN(c1cnn(C3CCCCO3)c(=O)c1Cl)CC2. The number of benzene rings is 1. The van der Waals surface area contributed by atoms with Crippen molar-refractivity contribution >= 4 is 23.2 Å². The Morgan fingerprint density at radius 3 is 2.68 bits per heavy atom. The highest BCUT2D eigenvalue weighted by molar-refractivity contribution is 6.33. The van der Waals surface area contributed by atoms with Crippen molar-refractivity contribution in [2.45, 2.75) is 57.8 Å². The Morgan fingerprint density at radius 2 is 2.00 bits per heavy atom. The Hall–Kier alpha value is -3.31. The zero-order chi connectivity index (χ0) is 27.0. The maximum atomic E-state index is 13.7. The lowest BCUT2D eigenvalue weighted by Crippen LogP contribution is -2.36. The number of nitrogens with zero attached hydrogens (tertiary/aromatic N) is 5. The minimum Gasteiger partial charge on any atom is -0.364 e. The second-order valence-corrected chi connectivity index (χ2v) is 9.87. The van der Waals surface area contributed by atoms with Gasteiger partial charge in [0.05, 0.1) is 17.9 Å². The van der Waals surface area contributed by atoms with Gasteiger partial charge in [-0.3, -0.25) is 14.3 Å². The Kier molecular flexibility index (Phi) is 7.49. The van der Waals surface area contributed by atoms with Crippen LogP contribution in [0, 0.1) is 0 Å². The molecule has 1 fully saturated rings. The number of carbonyl (C=O) groups excluding carboxylic acids is 1. The van der Waals surface area contributed by atoms with E-state index in [2.05, 4.69) is 15.5 Å². The van der Waals surface area contributed by atoms with Crippen molar-refractivity contribution in [1.82, 2.24) is 24.9 Å². The van der Waals surface area contributed by atoms with Crippen LogP contribution in [0.2, 0.25) is 5.02 Å². The summed E-state index contributed by atoms with van der Waals surface area (Å²) >= 11 is 6.55. The van der Waals surface area contributed by atoms with E-state index in [-0.39, 0.29) is 28.7 Å². The van der Waals surface area contributed by atoms with Gasteiger partial charge in [-0.1, -0.05) is 35.9 Å². The number of carbonyl (C=O) groups is 1. The third-order valence-corrected chi connectivity index (χ3v) is 7.63. The van der Waals surface area contributed by atoms with Crippen LogP contribution in [0.1, 0.15) is 77.8 Å². The molecular weight excluding hydrogens is 518 g/mol. The molecular formula is C26H29ClF2N6O3. The molecule has 2 aliphatic rings. The minimum atomic E-state index is -2.63. The van der Waals surface area contributed by atoms with Gasteiger partial charge in [0, 0.05) is 50.0 Å². The van der Waals surface area contributed by atoms with E-state index in [9.17, 15) is 18.4 Å². The monoisotopic (exact) mass is 546 g/mol. The van der Waals surface area contributed by atoms with Crippen LogP contribution >= 0.6 is 11.6 Å². The number of amides is 1. The fraction of sp³-hybridized carbons (Fsp3) is 0.462. The van der Waals surface area contributed by atoms with Gasteiger partial charge in [0.2, 0.25) is 0 Å². The van der Waals surface area contributed by atoms with Crippen molar-refractivity contribution in [2.24, 2.45) is 0 Å². The normalized spacial score (nSPS) is 18.4. The fourth-order valence-corrected chi connectivity index (χ4v) is 5.53. The van der Waals surface area contributed by atoms with Crippen LogP contribution in [0.15, 0.2) is 35.3 Å². The van der Waals surface area contributed by atoms with Gasteiger partial charge in [0.15, 0.2) is 11.9 Å². The number of rotatable bonds is 6. The number of hydrogen-bond acceptors (Lipinski definition) is 6. The van der Waals surface area contributed by atoms with Crippen LogP contribution in [-0.4, -0.2) is 45.7 Å². The number of hydrogen-bond donors (Lipinski definition) is 1. The highest BCUT2D eigenvalue weighted by Crippen LogP contribution is 2.35. The highest BCUT2D eigenvalue weighted by atomic mass is 35.5. The molecule has 2 atom stereocenters. The maximum absolute atomic E-state index is 13.7. The summed E-state index contributed by atoms with van der Waals surface area (Å²) < 4.78 is 36.1. The minimum absolute atomic E-state index is 0.0331. The lowest BCUT2D eigenvalue weighted by atomic mass is 10.00. The molecule has 4 heterocycles. The summed E-state index contributed by atoms with van der Waals surface area (Å²) in [4.78, 5) is 27.7. The largest absolute Gasteiger partial charge is 0.364 e. The Balaban J connectivity index is 1.50. The van der Waals surface area contributed by atoms with Gasteiger partial charge < -0.3 is 15.0 Å². The standard InChI is InChI=1S/C26H29ClF2N6O3/c1-15(16-7-3-4-8-17(16)24(28)29)34-19-10-11-33(14-18(19)23(32-34)25(36)30-2)20-13-31-35(26(37)22(20)27)21-9-5-6-12-38-21/h3-4,7-8,13,15,21,24H,5-6,9-12,14H2,1-2H3,(H,30,36). The number of anilines is 1. The number of aromatic nitrogens is 4. The summed E-state index contributed by atoms with van der Waals surface area (Å²) in [5.74, 6) is -0.384. The molecule has 202 valence electrons. The van der Waals surface area contributed by atoms with Crippen molar-refractivity contribution in [1.29, 1.82) is 0 Å². The van der Waals surface area contributed by atoms with E-state index in [0.717, 1.165) is 18.5 Å². The van der Waals surface area contributed by atoms with Gasteiger partial charge in [-0.05, 0) is 31.7 Å². The van der Waals surface area contributed by atoms with E-state index in [1.807, 2.05) is 4.90 Å². The van der Waals surface area contributed by atoms with Gasteiger partial charge in [-0.15, -0.1) is 0 Å². The number of ether oxygens (including phenoxy) is 1. The molecule has 2 unspecified atom stereocenters. The van der Waals surface area contributed by atoms with E-state index >= 15 is 0 Å². The third kappa shape index (κ3) is 4.69. The molecule has 1 N–H and O–H groups in total. The second kappa shape index (κ2) is 10.8. The topological polar surface area (TPSA) is 94.3 Å². The lowest BCUT2D eigenvalue weighted by Gasteiger charge is -2.31. The van der Waals surface area contributed by atoms with Gasteiger partial charge in [0.25, 0.3) is 17.9 Å². The quantitative estimate of drug-likeness (QED) is 0.496. The predicted octanol–water partition coefficient (Wildman–Crippen LogP) is 4.26. The predicted molar refractivity (Wildman–Crippen MR) is 138 cm³/mol. The molecule has 3 aromatic rings. The Labute approximate surface area is 223 Å². The van der Waals surface area contributed by atoms with Crippen molar-refractivity contribution in [3.05, 3.63) is 73.9 Å². The first-order chi connectivity index (χ1) is 18.3. The van der Waals surface area contributed by atoms with Crippen LogP contribution in [0.3, 0.4) is 0 Å². The van der Waals surface area contributed by atoms with E-state index in [1.54, 1.807) is 36.0 Å². The summed E-state index contributed by atoms with van der Waals surface area (Å²) in [6, 6.07) is 5.83. The molecule has 38 heavy (non-hydrogen) atoms. The highest BCUT2D eigenvalue weighted by Gasteiger charge is 2.32. The molecule has 0 aliphatic carbocycles. The van der Waals surface area contributed by atoms with E-state index in [0.29, 0.717) is 42.8 Å². The molecule has 12 heteroatoms. The average molecular weight is 547 g/mol. The summed E-state index contributed by atoms with van der Waals surface area (Å²) in [7, 11) is 1.51. The molecule has 1 amide bonds. The van der Waals surface area contributed by atoms with E-state index in [4.69, 9.17) is 16.3 Å². The van der Waals surface area contributed by atoms with Crippen LogP contribution in [0.25, 0.3) is 0 Å². The number of halogens is 3. The summed E-state index contributed by atoms with van der Waals surface area (Å²) in [6.07, 6.45) is 1.53. The van der Waals surface area contributed by atoms with Gasteiger partial charge in [-0.2, -0.15) is 14.9 Å². The first-order valence-electron chi connectivity index (χ1n) is 12.6. The van der Waals surface area contributed by atoms with Crippen molar-refractivity contribution < 1.29 is 18.3 Å². The summed E-state index contributed by atoms with van der Waals surface area (Å²) in [5, 5.41) is 11.6. The summed E-state index contributed by atoms with van der Waals surface area (Å²) in [5.41, 5.74) is 2.06. The Bertz CT molecular complexity index is 1400. The van der Waals surface area contributed by atoms with Crippen LogP contribution < -0.4 is 15.8 Å². The molecule has 2 aromatic heterocycles. The molecule has 0 radical (unpaired) electrons. The number of nitrogens with one attached hydrogen (secondary N) is 1. The van der Waals surface area contributed by atoms with E-state index in [1.165, 1.54) is 17.8 Å². The zero-order valence-electron chi connectivity index (χ0n) is 21.2. The third-order valence-electron chi connectivity index (χ3n) is 7.27. The molecule has 0 bridgehead atoms. The smallest absolute Gasteiger partial charge is 0.290 e. The summed E-state index contributed by atoms with van der Waals surface area (Å²) in [6.45, 7) is 3.09. The number of fused-ring (bicyclic) bond motifs is 1. The van der Waals surface area contributed by atoms with Crippen molar-refractivity contribution in [3.63, 3.8) is 0 Å². The molecule has 9 nitrogen and oxygen atoms in total. The Morgan fingerprint density at radius 1 is 1.24 bits per heavy atom. The van der Waals surface area contributed by atoms with Crippen LogP contribution in [-0.2, 0) is 17.7 Å². The molecule has 0 spiro atoms. The first kappa shape index (κ1) is 26.3. The molecule has 5 rings (SSSR count). The van der Waals surface area contributed by atoms with Crippen LogP contribution in [0.5, 0.6) is 0 Å². The van der Waals surface area contributed by atoms with Gasteiger partial charge in [-0.25, -0.2) is 8.78 Å². The molecule has 1 aromatic carbocycles. The zero-order valence-corrected chi connectivity index (χ0v) is 21.9. The van der Waals surface area contributed by atoms with Gasteiger partial charge >= 0.3 is 0 Å². The second-order valence-electron chi connectivity index (χ2n) is 9.49. The van der Waals surface area contributed by atoms with Crippen molar-refractivity contribution in [2.75, 3.05) is 25.1 Å². The fourth-order valence-electron chi connectivity index (χ4n) is 5.27. The number of alkyl halides is 2. The molecule has 1 saturated heterocycles. The first-order valence-corrected chi connectivity index (χ1v) is 13.0. The van der Waals surface area contributed by atoms with Crippen LogP contribution in [0.4, 0.5) is 14.5 Å². The average Bonchev–Trinajstić information content (AvgIpc) is 3.33. The lowest BCUT2D eigenvalue weighted by molar-refractivity contribution is -0.0424. The molecule has 2 aliphatic heterocycles.